The predicted octanol–water partition coefficient (Wildman–Crippen LogP) is 2.15. The summed E-state index contributed by atoms with van der Waals surface area (Å²) in [4.78, 5) is 13.3. The molecule has 0 aliphatic rings. The second-order valence-corrected chi connectivity index (χ2v) is 5.33. The number of nitrogens with zero attached hydrogens (tertiary/aromatic N) is 1. The van der Waals surface area contributed by atoms with Crippen LogP contribution in [0.15, 0.2) is 30.3 Å². The van der Waals surface area contributed by atoms with Crippen LogP contribution in [0.2, 0.25) is 0 Å². The molecule has 0 amide bonds. The summed E-state index contributed by atoms with van der Waals surface area (Å²) in [5.74, 6) is 0.452. The maximum Gasteiger partial charge on any atom is 0.311 e. The maximum atomic E-state index is 11.2. The predicted molar refractivity (Wildman–Crippen MR) is 72.7 cm³/mol. The molecule has 1 aromatic rings. The Bertz CT molecular complexity index is 341. The summed E-state index contributed by atoms with van der Waals surface area (Å²) in [5.41, 5.74) is 0.886. The van der Waals surface area contributed by atoms with Crippen molar-refractivity contribution in [3.8, 4) is 0 Å². The van der Waals surface area contributed by atoms with E-state index in [0.717, 1.165) is 17.9 Å². The molecule has 0 fully saturated rings. The molecule has 1 aromatic carbocycles. The van der Waals surface area contributed by atoms with Crippen LogP contribution in [0.4, 0.5) is 0 Å². The van der Waals surface area contributed by atoms with Gasteiger partial charge in [-0.2, -0.15) is 11.8 Å². The number of hydrogen-bond donors (Lipinski definition) is 1. The lowest BCUT2D eigenvalue weighted by atomic mass is 10.0. The maximum absolute atomic E-state index is 11.2. The van der Waals surface area contributed by atoms with Crippen LogP contribution in [0.5, 0.6) is 0 Å². The topological polar surface area (TPSA) is 40.5 Å². The van der Waals surface area contributed by atoms with Gasteiger partial charge in [0.15, 0.2) is 0 Å². The monoisotopic (exact) mass is 253 g/mol. The first kappa shape index (κ1) is 14.1. The zero-order valence-electron chi connectivity index (χ0n) is 10.3. The molecule has 4 heteroatoms. The van der Waals surface area contributed by atoms with Crippen molar-refractivity contribution < 1.29 is 9.90 Å². The number of rotatable bonds is 7. The first-order valence-corrected chi connectivity index (χ1v) is 6.77. The summed E-state index contributed by atoms with van der Waals surface area (Å²) in [6.07, 6.45) is 0. The molecule has 0 radical (unpaired) electrons. The molecule has 0 aromatic heterocycles. The molecule has 0 heterocycles. The van der Waals surface area contributed by atoms with E-state index in [1.807, 2.05) is 44.4 Å². The molecule has 0 aliphatic carbocycles. The van der Waals surface area contributed by atoms with E-state index in [4.69, 9.17) is 0 Å². The molecule has 1 rings (SSSR count). The van der Waals surface area contributed by atoms with Gasteiger partial charge in [-0.15, -0.1) is 0 Å². The second kappa shape index (κ2) is 7.35. The lowest BCUT2D eigenvalue weighted by molar-refractivity contribution is -0.138. The number of benzene rings is 1. The third-order valence-corrected chi connectivity index (χ3v) is 3.51. The highest BCUT2D eigenvalue weighted by Gasteiger charge is 2.19. The van der Waals surface area contributed by atoms with Crippen molar-refractivity contribution in [1.29, 1.82) is 0 Å². The van der Waals surface area contributed by atoms with Gasteiger partial charge in [-0.1, -0.05) is 30.3 Å². The van der Waals surface area contributed by atoms with Crippen molar-refractivity contribution in [1.82, 2.24) is 4.90 Å². The summed E-state index contributed by atoms with van der Waals surface area (Å²) in [7, 11) is 4.04. The summed E-state index contributed by atoms with van der Waals surface area (Å²) in [6.45, 7) is 0.978. The van der Waals surface area contributed by atoms with E-state index in [2.05, 4.69) is 4.90 Å². The minimum atomic E-state index is -0.742. The Morgan fingerprint density at radius 1 is 1.35 bits per heavy atom. The van der Waals surface area contributed by atoms with Gasteiger partial charge in [0.25, 0.3) is 0 Å². The molecule has 0 saturated carbocycles. The van der Waals surface area contributed by atoms with Gasteiger partial charge in [0.05, 0.1) is 5.92 Å². The fourth-order valence-corrected chi connectivity index (χ4v) is 2.68. The van der Waals surface area contributed by atoms with E-state index in [1.54, 1.807) is 11.8 Å². The van der Waals surface area contributed by atoms with Gasteiger partial charge in [-0.3, -0.25) is 4.79 Å². The molecule has 1 unspecified atom stereocenters. The third kappa shape index (κ3) is 5.24. The van der Waals surface area contributed by atoms with Crippen molar-refractivity contribution in [3.63, 3.8) is 0 Å². The van der Waals surface area contributed by atoms with Gasteiger partial charge >= 0.3 is 5.97 Å². The standard InChI is InChI=1S/C13H19NO2S/c1-14(2)8-9-17-10-12(13(15)16)11-6-4-3-5-7-11/h3-7,12H,8-10H2,1-2H3,(H,15,16). The zero-order valence-corrected chi connectivity index (χ0v) is 11.1. The number of hydrogen-bond acceptors (Lipinski definition) is 3. The highest BCUT2D eigenvalue weighted by Crippen LogP contribution is 2.21. The fraction of sp³-hybridized carbons (Fsp3) is 0.462. The number of carbonyl (C=O) groups is 1. The van der Waals surface area contributed by atoms with Gasteiger partial charge < -0.3 is 10.0 Å². The number of carboxylic acids is 1. The summed E-state index contributed by atoms with van der Waals surface area (Å²) in [5, 5.41) is 9.21. The Kier molecular flexibility index (Phi) is 6.08. The first-order valence-electron chi connectivity index (χ1n) is 5.61. The SMILES string of the molecule is CN(C)CCSCC(C(=O)O)c1ccccc1. The van der Waals surface area contributed by atoms with Gasteiger partial charge in [0.2, 0.25) is 0 Å². The quantitative estimate of drug-likeness (QED) is 0.756. The molecule has 0 aliphatic heterocycles. The van der Waals surface area contributed by atoms with Crippen LogP contribution in [0, 0.1) is 0 Å². The highest BCUT2D eigenvalue weighted by molar-refractivity contribution is 7.99. The summed E-state index contributed by atoms with van der Waals surface area (Å²) in [6, 6.07) is 9.43. The molecule has 1 atom stereocenters. The van der Waals surface area contributed by atoms with Gasteiger partial charge in [-0.25, -0.2) is 0 Å². The van der Waals surface area contributed by atoms with Crippen LogP contribution >= 0.6 is 11.8 Å². The minimum Gasteiger partial charge on any atom is -0.481 e. The highest BCUT2D eigenvalue weighted by atomic mass is 32.2. The smallest absolute Gasteiger partial charge is 0.311 e. The van der Waals surface area contributed by atoms with Crippen molar-refractivity contribution in [2.24, 2.45) is 0 Å². The average molecular weight is 253 g/mol. The molecule has 0 bridgehead atoms. The zero-order chi connectivity index (χ0) is 12.7. The Hall–Kier alpha value is -1.00. The van der Waals surface area contributed by atoms with Crippen LogP contribution in [0.25, 0.3) is 0 Å². The molecular weight excluding hydrogens is 234 g/mol. The van der Waals surface area contributed by atoms with Crippen molar-refractivity contribution >= 4 is 17.7 Å². The van der Waals surface area contributed by atoms with Crippen LogP contribution in [-0.2, 0) is 4.79 Å². The largest absolute Gasteiger partial charge is 0.481 e. The second-order valence-electron chi connectivity index (χ2n) is 4.18. The van der Waals surface area contributed by atoms with Crippen molar-refractivity contribution in [2.75, 3.05) is 32.1 Å². The van der Waals surface area contributed by atoms with Crippen LogP contribution in [0.1, 0.15) is 11.5 Å². The molecule has 1 N–H and O–H groups in total. The minimum absolute atomic E-state index is 0.400. The van der Waals surface area contributed by atoms with E-state index in [-0.39, 0.29) is 0 Å². The molecule has 17 heavy (non-hydrogen) atoms. The number of aliphatic carboxylic acids is 1. The first-order chi connectivity index (χ1) is 8.11. The van der Waals surface area contributed by atoms with E-state index >= 15 is 0 Å². The molecule has 0 spiro atoms. The molecule has 3 nitrogen and oxygen atoms in total. The van der Waals surface area contributed by atoms with Crippen molar-refractivity contribution in [3.05, 3.63) is 35.9 Å². The molecular formula is C13H19NO2S. The Morgan fingerprint density at radius 2 is 2.00 bits per heavy atom. The summed E-state index contributed by atoms with van der Waals surface area (Å²) >= 11 is 1.69. The van der Waals surface area contributed by atoms with Gasteiger partial charge in [0.1, 0.15) is 0 Å². The Balaban J connectivity index is 2.48. The van der Waals surface area contributed by atoms with Crippen LogP contribution in [0.3, 0.4) is 0 Å². The summed E-state index contributed by atoms with van der Waals surface area (Å²) < 4.78 is 0. The van der Waals surface area contributed by atoms with E-state index in [9.17, 15) is 9.90 Å². The Morgan fingerprint density at radius 3 is 2.53 bits per heavy atom. The van der Waals surface area contributed by atoms with Crippen LogP contribution in [-0.4, -0.2) is 48.1 Å². The normalized spacial score (nSPS) is 12.6. The third-order valence-electron chi connectivity index (χ3n) is 2.47. The van der Waals surface area contributed by atoms with Gasteiger partial charge in [0, 0.05) is 18.1 Å². The van der Waals surface area contributed by atoms with Crippen LogP contribution < -0.4 is 0 Å². The van der Waals surface area contributed by atoms with E-state index in [0.29, 0.717) is 5.75 Å². The number of thioether (sulfide) groups is 1. The van der Waals surface area contributed by atoms with E-state index < -0.39 is 11.9 Å². The van der Waals surface area contributed by atoms with Gasteiger partial charge in [-0.05, 0) is 19.7 Å². The van der Waals surface area contributed by atoms with Crippen molar-refractivity contribution in [2.45, 2.75) is 5.92 Å². The lowest BCUT2D eigenvalue weighted by Gasteiger charge is -2.13. The Labute approximate surface area is 107 Å². The molecule has 94 valence electrons. The lowest BCUT2D eigenvalue weighted by Crippen LogP contribution is -2.18. The fourth-order valence-electron chi connectivity index (χ4n) is 1.44. The number of carboxylic acid groups (broad SMARTS) is 1. The molecule has 0 saturated heterocycles. The average Bonchev–Trinajstić information content (AvgIpc) is 2.29. The van der Waals surface area contributed by atoms with E-state index in [1.165, 1.54) is 0 Å².